The van der Waals surface area contributed by atoms with Crippen LogP contribution in [0.1, 0.15) is 12.8 Å². The van der Waals surface area contributed by atoms with Crippen LogP contribution >= 0.6 is 11.6 Å². The highest BCUT2D eigenvalue weighted by atomic mass is 35.5. The molecular formula is C10H12ClFN2O2S. The van der Waals surface area contributed by atoms with Gasteiger partial charge in [-0.1, -0.05) is 11.6 Å². The van der Waals surface area contributed by atoms with Crippen molar-refractivity contribution >= 4 is 27.3 Å². The summed E-state index contributed by atoms with van der Waals surface area (Å²) < 4.78 is 36.3. The summed E-state index contributed by atoms with van der Waals surface area (Å²) in [7, 11) is -3.01. The number of nitrogens with zero attached hydrogens (tertiary/aromatic N) is 1. The molecule has 1 fully saturated rings. The quantitative estimate of drug-likeness (QED) is 0.897. The second-order valence-electron chi connectivity index (χ2n) is 4.08. The van der Waals surface area contributed by atoms with Crippen molar-refractivity contribution in [1.82, 2.24) is 4.98 Å². The summed E-state index contributed by atoms with van der Waals surface area (Å²) in [6, 6.07) is 0.866. The van der Waals surface area contributed by atoms with E-state index in [0.29, 0.717) is 12.8 Å². The first-order valence-electron chi connectivity index (χ1n) is 5.24. The molecule has 1 N–H and O–H groups in total. The minimum Gasteiger partial charge on any atom is -0.364 e. The monoisotopic (exact) mass is 278 g/mol. The zero-order valence-corrected chi connectivity index (χ0v) is 10.6. The summed E-state index contributed by atoms with van der Waals surface area (Å²) >= 11 is 5.58. The SMILES string of the molecule is O=S1(=O)CCCC(Nc2ncc(Cl)cc2F)C1. The lowest BCUT2D eigenvalue weighted by molar-refractivity contribution is 0.558. The highest BCUT2D eigenvalue weighted by molar-refractivity contribution is 7.91. The van der Waals surface area contributed by atoms with Crippen LogP contribution in [0.25, 0.3) is 0 Å². The van der Waals surface area contributed by atoms with E-state index in [4.69, 9.17) is 11.6 Å². The Labute approximate surface area is 104 Å². The number of halogens is 2. The van der Waals surface area contributed by atoms with Crippen LogP contribution in [0.15, 0.2) is 12.3 Å². The zero-order valence-electron chi connectivity index (χ0n) is 8.99. The highest BCUT2D eigenvalue weighted by Crippen LogP contribution is 2.20. The molecule has 0 bridgehead atoms. The molecule has 0 aromatic carbocycles. The molecule has 1 aromatic heterocycles. The smallest absolute Gasteiger partial charge is 0.166 e. The third-order valence-corrected chi connectivity index (χ3v) is 4.64. The maximum absolute atomic E-state index is 13.4. The van der Waals surface area contributed by atoms with Crippen LogP contribution in [0.4, 0.5) is 10.2 Å². The molecule has 1 aliphatic heterocycles. The molecule has 0 aliphatic carbocycles. The summed E-state index contributed by atoms with van der Waals surface area (Å²) in [4.78, 5) is 3.81. The van der Waals surface area contributed by atoms with Gasteiger partial charge in [0.1, 0.15) is 0 Å². The number of hydrogen-bond donors (Lipinski definition) is 1. The molecule has 0 amide bonds. The van der Waals surface area contributed by atoms with Crippen molar-refractivity contribution in [3.8, 4) is 0 Å². The summed E-state index contributed by atoms with van der Waals surface area (Å²) in [5, 5.41) is 3.02. The molecule has 1 aliphatic rings. The second-order valence-corrected chi connectivity index (χ2v) is 6.75. The summed E-state index contributed by atoms with van der Waals surface area (Å²) in [5.74, 6) is -0.282. The molecule has 0 spiro atoms. The third-order valence-electron chi connectivity index (χ3n) is 2.61. The summed E-state index contributed by atoms with van der Waals surface area (Å²) in [5.41, 5.74) is 0. The maximum Gasteiger partial charge on any atom is 0.166 e. The van der Waals surface area contributed by atoms with E-state index in [-0.39, 0.29) is 28.4 Å². The molecule has 1 atom stereocenters. The van der Waals surface area contributed by atoms with E-state index in [1.807, 2.05) is 0 Å². The van der Waals surface area contributed by atoms with E-state index >= 15 is 0 Å². The minimum absolute atomic E-state index is 0.0246. The zero-order chi connectivity index (χ0) is 12.5. The second kappa shape index (κ2) is 4.78. The van der Waals surface area contributed by atoms with Gasteiger partial charge in [-0.05, 0) is 18.9 Å². The lowest BCUT2D eigenvalue weighted by Crippen LogP contribution is -2.35. The fourth-order valence-corrected chi connectivity index (χ4v) is 3.63. The highest BCUT2D eigenvalue weighted by Gasteiger charge is 2.25. The van der Waals surface area contributed by atoms with Crippen LogP contribution in [0.2, 0.25) is 5.02 Å². The van der Waals surface area contributed by atoms with Crippen molar-refractivity contribution in [2.24, 2.45) is 0 Å². The number of nitrogens with one attached hydrogen (secondary N) is 1. The van der Waals surface area contributed by atoms with Crippen molar-refractivity contribution in [1.29, 1.82) is 0 Å². The number of aromatic nitrogens is 1. The molecule has 2 rings (SSSR count). The molecule has 17 heavy (non-hydrogen) atoms. The van der Waals surface area contributed by atoms with E-state index in [1.54, 1.807) is 0 Å². The topological polar surface area (TPSA) is 59.1 Å². The standard InChI is InChI=1S/C10H12ClFN2O2S/c11-7-4-9(12)10(13-5-7)14-8-2-1-3-17(15,16)6-8/h4-5,8H,1-3,6H2,(H,13,14). The first kappa shape index (κ1) is 12.6. The van der Waals surface area contributed by atoms with E-state index in [0.717, 1.165) is 6.07 Å². The molecule has 2 heterocycles. The van der Waals surface area contributed by atoms with Gasteiger partial charge < -0.3 is 5.32 Å². The van der Waals surface area contributed by atoms with E-state index in [2.05, 4.69) is 10.3 Å². The molecule has 1 unspecified atom stereocenters. The predicted molar refractivity (Wildman–Crippen MR) is 64.5 cm³/mol. The van der Waals surface area contributed by atoms with Gasteiger partial charge in [-0.2, -0.15) is 0 Å². The average molecular weight is 279 g/mol. The van der Waals surface area contributed by atoms with Crippen LogP contribution in [0.3, 0.4) is 0 Å². The predicted octanol–water partition coefficient (Wildman–Crippen LogP) is 1.86. The molecule has 4 nitrogen and oxygen atoms in total. The van der Waals surface area contributed by atoms with Crippen molar-refractivity contribution < 1.29 is 12.8 Å². The van der Waals surface area contributed by atoms with Gasteiger partial charge in [0, 0.05) is 12.2 Å². The Morgan fingerprint density at radius 1 is 1.53 bits per heavy atom. The van der Waals surface area contributed by atoms with Gasteiger partial charge >= 0.3 is 0 Å². The van der Waals surface area contributed by atoms with Gasteiger partial charge in [0.25, 0.3) is 0 Å². The van der Waals surface area contributed by atoms with E-state index in [9.17, 15) is 12.8 Å². The Morgan fingerprint density at radius 3 is 2.94 bits per heavy atom. The molecule has 1 saturated heterocycles. The van der Waals surface area contributed by atoms with Crippen molar-refractivity contribution in [2.75, 3.05) is 16.8 Å². The van der Waals surface area contributed by atoms with Gasteiger partial charge in [-0.3, -0.25) is 0 Å². The van der Waals surface area contributed by atoms with Crippen molar-refractivity contribution in [2.45, 2.75) is 18.9 Å². The van der Waals surface area contributed by atoms with Crippen LogP contribution in [-0.4, -0.2) is 30.9 Å². The van der Waals surface area contributed by atoms with Gasteiger partial charge in [-0.25, -0.2) is 17.8 Å². The van der Waals surface area contributed by atoms with E-state index < -0.39 is 15.7 Å². The number of hydrogen-bond acceptors (Lipinski definition) is 4. The van der Waals surface area contributed by atoms with Crippen LogP contribution in [-0.2, 0) is 9.84 Å². The largest absolute Gasteiger partial charge is 0.364 e. The Bertz CT molecular complexity index is 521. The first-order valence-corrected chi connectivity index (χ1v) is 7.44. The van der Waals surface area contributed by atoms with Gasteiger partial charge in [0.05, 0.1) is 16.5 Å². The van der Waals surface area contributed by atoms with Gasteiger partial charge in [0.2, 0.25) is 0 Å². The Kier molecular flexibility index (Phi) is 3.53. The first-order chi connectivity index (χ1) is 7.96. The number of rotatable bonds is 2. The number of sulfone groups is 1. The Morgan fingerprint density at radius 2 is 2.29 bits per heavy atom. The lowest BCUT2D eigenvalue weighted by atomic mass is 10.2. The molecule has 1 aromatic rings. The van der Waals surface area contributed by atoms with Crippen LogP contribution in [0.5, 0.6) is 0 Å². The van der Waals surface area contributed by atoms with Crippen molar-refractivity contribution in [3.63, 3.8) is 0 Å². The van der Waals surface area contributed by atoms with Crippen molar-refractivity contribution in [3.05, 3.63) is 23.1 Å². The summed E-state index contributed by atoms with van der Waals surface area (Å²) in [6.45, 7) is 0. The number of anilines is 1. The molecular weight excluding hydrogens is 267 g/mol. The average Bonchev–Trinajstić information content (AvgIpc) is 2.21. The maximum atomic E-state index is 13.4. The van der Waals surface area contributed by atoms with Crippen LogP contribution < -0.4 is 5.32 Å². The fourth-order valence-electron chi connectivity index (χ4n) is 1.85. The van der Waals surface area contributed by atoms with Crippen LogP contribution in [0, 0.1) is 5.82 Å². The number of pyridine rings is 1. The molecule has 94 valence electrons. The van der Waals surface area contributed by atoms with Gasteiger partial charge in [-0.15, -0.1) is 0 Å². The molecule has 0 saturated carbocycles. The fraction of sp³-hybridized carbons (Fsp3) is 0.500. The Balaban J connectivity index is 2.10. The Hall–Kier alpha value is -0.880. The van der Waals surface area contributed by atoms with E-state index in [1.165, 1.54) is 6.20 Å². The minimum atomic E-state index is -3.01. The summed E-state index contributed by atoms with van der Waals surface area (Å²) in [6.07, 6.45) is 2.61. The third kappa shape index (κ3) is 3.29. The normalized spacial score (nSPS) is 23.3. The molecule has 0 radical (unpaired) electrons. The molecule has 7 heteroatoms. The van der Waals surface area contributed by atoms with Gasteiger partial charge in [0.15, 0.2) is 21.5 Å². The lowest BCUT2D eigenvalue weighted by Gasteiger charge is -2.23.